The summed E-state index contributed by atoms with van der Waals surface area (Å²) in [4.78, 5) is 11.2. The molecule has 0 unspecified atom stereocenters. The van der Waals surface area contributed by atoms with Crippen LogP contribution in [0.1, 0.15) is 26.3 Å². The Kier molecular flexibility index (Phi) is 5.86. The largest absolute Gasteiger partial charge is 0.300 e. The van der Waals surface area contributed by atoms with Crippen molar-refractivity contribution < 1.29 is 4.79 Å². The number of hydrogen-bond donors (Lipinski definition) is 0. The summed E-state index contributed by atoms with van der Waals surface area (Å²) in [6.45, 7) is 5.63. The lowest BCUT2D eigenvalue weighted by Gasteiger charge is -2.07. The molecule has 1 heteroatoms. The number of carbonyl (C=O) groups is 1. The molecule has 0 bridgehead atoms. The van der Waals surface area contributed by atoms with Gasteiger partial charge >= 0.3 is 0 Å². The van der Waals surface area contributed by atoms with Crippen LogP contribution in [0.15, 0.2) is 54.6 Å². The van der Waals surface area contributed by atoms with Crippen molar-refractivity contribution in [1.29, 1.82) is 0 Å². The predicted molar refractivity (Wildman–Crippen MR) is 77.6 cm³/mol. The maximum absolute atomic E-state index is 11.2. The van der Waals surface area contributed by atoms with Crippen LogP contribution in [0.4, 0.5) is 0 Å². The Bertz CT molecular complexity index is 486. The minimum Gasteiger partial charge on any atom is -0.300 e. The van der Waals surface area contributed by atoms with Crippen LogP contribution in [-0.4, -0.2) is 5.78 Å². The standard InChI is InChI=1S/C15H14O.C2H6/c1-12(16)11-14-9-5-6-10-15(14)13-7-3-2-4-8-13;1-2/h2-10H,11H2,1H3;1-2H3. The number of hydrogen-bond acceptors (Lipinski definition) is 1. The quantitative estimate of drug-likeness (QED) is 0.771. The highest BCUT2D eigenvalue weighted by Gasteiger charge is 2.05. The van der Waals surface area contributed by atoms with Crippen molar-refractivity contribution in [2.75, 3.05) is 0 Å². The summed E-state index contributed by atoms with van der Waals surface area (Å²) < 4.78 is 0. The number of Topliss-reactive ketones (excluding diaryl/α,β-unsaturated/α-hetero) is 1. The summed E-state index contributed by atoms with van der Waals surface area (Å²) in [5.41, 5.74) is 3.42. The van der Waals surface area contributed by atoms with Crippen LogP contribution in [-0.2, 0) is 11.2 Å². The lowest BCUT2D eigenvalue weighted by atomic mass is 9.97. The molecule has 0 heterocycles. The molecule has 0 fully saturated rings. The van der Waals surface area contributed by atoms with Gasteiger partial charge in [0.25, 0.3) is 0 Å². The number of rotatable bonds is 3. The van der Waals surface area contributed by atoms with Crippen LogP contribution >= 0.6 is 0 Å². The van der Waals surface area contributed by atoms with Crippen molar-refractivity contribution >= 4 is 5.78 Å². The topological polar surface area (TPSA) is 17.1 Å². The summed E-state index contributed by atoms with van der Waals surface area (Å²) in [6, 6.07) is 18.2. The molecular formula is C17H20O. The molecule has 0 saturated heterocycles. The number of ketones is 1. The molecule has 2 rings (SSSR count). The molecule has 0 aromatic heterocycles. The average Bonchev–Trinajstić information content (AvgIpc) is 2.42. The Balaban J connectivity index is 0.000000771. The summed E-state index contributed by atoms with van der Waals surface area (Å²) >= 11 is 0. The van der Waals surface area contributed by atoms with E-state index in [0.29, 0.717) is 6.42 Å². The third kappa shape index (κ3) is 3.85. The van der Waals surface area contributed by atoms with Gasteiger partial charge in [-0.05, 0) is 23.6 Å². The third-order valence-corrected chi connectivity index (χ3v) is 2.54. The van der Waals surface area contributed by atoms with E-state index in [9.17, 15) is 4.79 Å². The molecule has 1 nitrogen and oxygen atoms in total. The van der Waals surface area contributed by atoms with Gasteiger partial charge in [-0.25, -0.2) is 0 Å². The van der Waals surface area contributed by atoms with Crippen LogP contribution in [0, 0.1) is 0 Å². The minimum atomic E-state index is 0.198. The molecule has 0 amide bonds. The van der Waals surface area contributed by atoms with E-state index < -0.39 is 0 Å². The van der Waals surface area contributed by atoms with Crippen molar-refractivity contribution in [1.82, 2.24) is 0 Å². The number of benzene rings is 2. The van der Waals surface area contributed by atoms with Crippen LogP contribution in [0.2, 0.25) is 0 Å². The van der Waals surface area contributed by atoms with E-state index in [2.05, 4.69) is 18.2 Å². The van der Waals surface area contributed by atoms with Crippen LogP contribution in [0.3, 0.4) is 0 Å². The molecule has 0 atom stereocenters. The molecule has 18 heavy (non-hydrogen) atoms. The highest BCUT2D eigenvalue weighted by atomic mass is 16.1. The monoisotopic (exact) mass is 240 g/mol. The summed E-state index contributed by atoms with van der Waals surface area (Å²) in [5.74, 6) is 0.198. The Morgan fingerprint density at radius 2 is 1.44 bits per heavy atom. The Morgan fingerprint density at radius 3 is 2.06 bits per heavy atom. The molecule has 0 spiro atoms. The lowest BCUT2D eigenvalue weighted by molar-refractivity contribution is -0.116. The first-order chi connectivity index (χ1) is 8.77. The maximum Gasteiger partial charge on any atom is 0.134 e. The normalized spacial score (nSPS) is 9.28. The SMILES string of the molecule is CC.CC(=O)Cc1ccccc1-c1ccccc1. The zero-order valence-corrected chi connectivity index (χ0v) is 11.3. The zero-order valence-electron chi connectivity index (χ0n) is 11.3. The van der Waals surface area contributed by atoms with Gasteiger partial charge < -0.3 is 0 Å². The highest BCUT2D eigenvalue weighted by molar-refractivity contribution is 5.81. The van der Waals surface area contributed by atoms with Gasteiger partial charge in [-0.15, -0.1) is 0 Å². The maximum atomic E-state index is 11.2. The molecule has 0 saturated carbocycles. The van der Waals surface area contributed by atoms with Gasteiger partial charge in [0, 0.05) is 6.42 Å². The van der Waals surface area contributed by atoms with Crippen molar-refractivity contribution in [3.05, 3.63) is 60.2 Å². The fourth-order valence-electron chi connectivity index (χ4n) is 1.84. The smallest absolute Gasteiger partial charge is 0.134 e. The number of carbonyl (C=O) groups excluding carboxylic acids is 1. The zero-order chi connectivity index (χ0) is 13.4. The lowest BCUT2D eigenvalue weighted by Crippen LogP contribution is -1.98. The van der Waals surface area contributed by atoms with Crippen LogP contribution in [0.25, 0.3) is 11.1 Å². The van der Waals surface area contributed by atoms with E-state index >= 15 is 0 Å². The van der Waals surface area contributed by atoms with Gasteiger partial charge in [-0.1, -0.05) is 68.4 Å². The van der Waals surface area contributed by atoms with Crippen LogP contribution < -0.4 is 0 Å². The summed E-state index contributed by atoms with van der Waals surface area (Å²) in [7, 11) is 0. The third-order valence-electron chi connectivity index (χ3n) is 2.54. The van der Waals surface area contributed by atoms with E-state index in [-0.39, 0.29) is 5.78 Å². The van der Waals surface area contributed by atoms with Crippen molar-refractivity contribution in [2.24, 2.45) is 0 Å². The molecular weight excluding hydrogens is 220 g/mol. The van der Waals surface area contributed by atoms with E-state index in [1.54, 1.807) is 6.92 Å². The van der Waals surface area contributed by atoms with Crippen molar-refractivity contribution in [2.45, 2.75) is 27.2 Å². The minimum absolute atomic E-state index is 0.198. The first-order valence-corrected chi connectivity index (χ1v) is 6.40. The van der Waals surface area contributed by atoms with E-state index in [1.165, 1.54) is 5.56 Å². The first-order valence-electron chi connectivity index (χ1n) is 6.40. The second kappa shape index (κ2) is 7.44. The molecule has 0 aliphatic heterocycles. The van der Waals surface area contributed by atoms with Crippen molar-refractivity contribution in [3.63, 3.8) is 0 Å². The fourth-order valence-corrected chi connectivity index (χ4v) is 1.84. The molecule has 94 valence electrons. The molecule has 2 aromatic rings. The molecule has 0 aliphatic rings. The van der Waals surface area contributed by atoms with Gasteiger partial charge in [0.1, 0.15) is 5.78 Å². The van der Waals surface area contributed by atoms with Crippen LogP contribution in [0.5, 0.6) is 0 Å². The summed E-state index contributed by atoms with van der Waals surface area (Å²) in [5, 5.41) is 0. The van der Waals surface area contributed by atoms with E-state index in [0.717, 1.165) is 11.1 Å². The Morgan fingerprint density at radius 1 is 0.889 bits per heavy atom. The van der Waals surface area contributed by atoms with Gasteiger partial charge in [0.2, 0.25) is 0 Å². The second-order valence-corrected chi connectivity index (χ2v) is 3.90. The van der Waals surface area contributed by atoms with E-state index in [4.69, 9.17) is 0 Å². The highest BCUT2D eigenvalue weighted by Crippen LogP contribution is 2.23. The molecule has 0 radical (unpaired) electrons. The Hall–Kier alpha value is -1.89. The van der Waals surface area contributed by atoms with Gasteiger partial charge in [-0.2, -0.15) is 0 Å². The second-order valence-electron chi connectivity index (χ2n) is 3.90. The molecule has 0 N–H and O–H groups in total. The predicted octanol–water partition coefficient (Wildman–Crippen LogP) is 4.51. The van der Waals surface area contributed by atoms with Gasteiger partial charge in [0.15, 0.2) is 0 Å². The van der Waals surface area contributed by atoms with Gasteiger partial charge in [0.05, 0.1) is 0 Å². The first kappa shape index (κ1) is 14.2. The van der Waals surface area contributed by atoms with Crippen molar-refractivity contribution in [3.8, 4) is 11.1 Å². The summed E-state index contributed by atoms with van der Waals surface area (Å²) in [6.07, 6.45) is 0.505. The van der Waals surface area contributed by atoms with Gasteiger partial charge in [-0.3, -0.25) is 4.79 Å². The fraction of sp³-hybridized carbons (Fsp3) is 0.235. The average molecular weight is 240 g/mol. The molecule has 0 aliphatic carbocycles. The Labute approximate surface area is 109 Å². The molecule has 2 aromatic carbocycles. The van der Waals surface area contributed by atoms with E-state index in [1.807, 2.05) is 50.2 Å².